The van der Waals surface area contributed by atoms with Crippen LogP contribution in [0.1, 0.15) is 5.56 Å². The summed E-state index contributed by atoms with van der Waals surface area (Å²) in [5.74, 6) is 0. The summed E-state index contributed by atoms with van der Waals surface area (Å²) in [7, 11) is -3.51. The van der Waals surface area contributed by atoms with Crippen LogP contribution >= 0.6 is 15.9 Å². The molecule has 0 spiro atoms. The van der Waals surface area contributed by atoms with Gasteiger partial charge in [0.1, 0.15) is 0 Å². The average Bonchev–Trinajstić information content (AvgIpc) is 2.40. The quantitative estimate of drug-likeness (QED) is 0.859. The molecule has 0 bridgehead atoms. The number of rotatable bonds is 3. The molecule has 0 saturated heterocycles. The zero-order valence-electron chi connectivity index (χ0n) is 9.51. The highest BCUT2D eigenvalue weighted by Crippen LogP contribution is 2.26. The molecule has 0 unspecified atom stereocenters. The average molecular weight is 323 g/mol. The molecule has 2 rings (SSSR count). The van der Waals surface area contributed by atoms with E-state index in [1.807, 2.05) is 0 Å². The maximum absolute atomic E-state index is 12.3. The van der Waals surface area contributed by atoms with Gasteiger partial charge >= 0.3 is 0 Å². The van der Waals surface area contributed by atoms with E-state index >= 15 is 0 Å². The Bertz CT molecular complexity index is 659. The molecule has 2 aromatic rings. The lowest BCUT2D eigenvalue weighted by molar-refractivity contribution is 0.606. The molecule has 0 aliphatic rings. The smallest absolute Gasteiger partial charge is 0.206 e. The highest BCUT2D eigenvalue weighted by molar-refractivity contribution is 9.10. The van der Waals surface area contributed by atoms with E-state index in [1.165, 1.54) is 0 Å². The second-order valence-electron chi connectivity index (χ2n) is 3.75. The Hall–Kier alpha value is -1.39. The van der Waals surface area contributed by atoms with Crippen molar-refractivity contribution in [1.29, 1.82) is 0 Å². The van der Waals surface area contributed by atoms with Gasteiger partial charge in [0.25, 0.3) is 0 Å². The first-order valence-corrected chi connectivity index (χ1v) is 7.54. The van der Waals surface area contributed by atoms with E-state index in [4.69, 9.17) is 0 Å². The van der Waals surface area contributed by atoms with Crippen LogP contribution in [-0.2, 0) is 9.84 Å². The van der Waals surface area contributed by atoms with Gasteiger partial charge in [-0.15, -0.1) is 0 Å². The summed E-state index contributed by atoms with van der Waals surface area (Å²) in [5.41, 5.74) is 0.599. The Morgan fingerprint density at radius 1 is 0.944 bits per heavy atom. The number of sulfone groups is 1. The van der Waals surface area contributed by atoms with Crippen LogP contribution in [0, 0.1) is 0 Å². The van der Waals surface area contributed by atoms with Crippen LogP contribution in [-0.4, -0.2) is 8.42 Å². The van der Waals surface area contributed by atoms with Crippen LogP contribution < -0.4 is 0 Å². The molecule has 0 heterocycles. The maximum Gasteiger partial charge on any atom is 0.206 e. The summed E-state index contributed by atoms with van der Waals surface area (Å²) in [5, 5.41) is 0. The topological polar surface area (TPSA) is 34.1 Å². The summed E-state index contributed by atoms with van der Waals surface area (Å²) in [4.78, 5) is 0.374. The van der Waals surface area contributed by atoms with Gasteiger partial charge in [0.2, 0.25) is 9.84 Å². The zero-order valence-corrected chi connectivity index (χ0v) is 11.9. The van der Waals surface area contributed by atoms with Crippen molar-refractivity contribution in [3.63, 3.8) is 0 Å². The van der Waals surface area contributed by atoms with Gasteiger partial charge in [-0.25, -0.2) is 8.42 Å². The summed E-state index contributed by atoms with van der Waals surface area (Å²) >= 11 is 3.31. The van der Waals surface area contributed by atoms with Gasteiger partial charge in [-0.05, 0) is 29.8 Å². The lowest BCUT2D eigenvalue weighted by Crippen LogP contribution is -2.02. The lowest BCUT2D eigenvalue weighted by Gasteiger charge is -2.08. The third-order valence-electron chi connectivity index (χ3n) is 2.54. The van der Waals surface area contributed by atoms with E-state index < -0.39 is 9.84 Å². The molecule has 18 heavy (non-hydrogen) atoms. The van der Waals surface area contributed by atoms with E-state index in [1.54, 1.807) is 54.6 Å². The normalized spacial score (nSPS) is 11.2. The Kier molecular flexibility index (Phi) is 3.68. The van der Waals surface area contributed by atoms with Crippen molar-refractivity contribution in [2.75, 3.05) is 0 Å². The molecule has 2 nitrogen and oxygen atoms in total. The number of benzene rings is 2. The van der Waals surface area contributed by atoms with Crippen molar-refractivity contribution in [3.05, 3.63) is 71.2 Å². The molecule has 0 atom stereocenters. The zero-order chi connectivity index (χ0) is 13.2. The maximum atomic E-state index is 12.3. The first-order valence-electron chi connectivity index (χ1n) is 5.27. The summed E-state index contributed by atoms with van der Waals surface area (Å²) < 4.78 is 25.5. The van der Waals surface area contributed by atoms with Crippen molar-refractivity contribution < 1.29 is 8.42 Å². The molecule has 0 saturated carbocycles. The largest absolute Gasteiger partial charge is 0.219 e. The minimum Gasteiger partial charge on any atom is -0.219 e. The number of hydrogen-bond acceptors (Lipinski definition) is 2. The van der Waals surface area contributed by atoms with E-state index in [-0.39, 0.29) is 9.80 Å². The molecule has 0 radical (unpaired) electrons. The van der Waals surface area contributed by atoms with Gasteiger partial charge in [0.15, 0.2) is 0 Å². The Morgan fingerprint density at radius 2 is 1.50 bits per heavy atom. The van der Waals surface area contributed by atoms with Crippen LogP contribution in [0.5, 0.6) is 0 Å². The first kappa shape index (κ1) is 13.1. The summed E-state index contributed by atoms with van der Waals surface area (Å²) in [6.07, 6.45) is 0. The molecule has 0 amide bonds. The van der Waals surface area contributed by atoms with Crippen LogP contribution in [0.4, 0.5) is 0 Å². The van der Waals surface area contributed by atoms with Crippen LogP contribution in [0.2, 0.25) is 0 Å². The lowest BCUT2D eigenvalue weighted by atomic mass is 10.2. The van der Waals surface area contributed by atoms with E-state index in [0.29, 0.717) is 5.56 Å². The van der Waals surface area contributed by atoms with Gasteiger partial charge in [0, 0.05) is 4.47 Å². The first-order chi connectivity index (χ1) is 8.51. The Labute approximate surface area is 115 Å². The molecule has 0 aliphatic heterocycles. The summed E-state index contributed by atoms with van der Waals surface area (Å²) in [6.45, 7) is 3.70. The van der Waals surface area contributed by atoms with Crippen LogP contribution in [0.3, 0.4) is 0 Å². The fourth-order valence-electron chi connectivity index (χ4n) is 1.53. The molecular weight excluding hydrogens is 312 g/mol. The van der Waals surface area contributed by atoms with Crippen molar-refractivity contribution >= 4 is 30.7 Å². The third kappa shape index (κ3) is 2.54. The predicted molar refractivity (Wildman–Crippen MR) is 76.8 cm³/mol. The molecule has 92 valence electrons. The molecule has 4 heteroatoms. The van der Waals surface area contributed by atoms with Crippen molar-refractivity contribution in [2.45, 2.75) is 4.90 Å². The fraction of sp³-hybridized carbons (Fsp3) is 0. The van der Waals surface area contributed by atoms with E-state index in [0.717, 1.165) is 4.47 Å². The predicted octanol–water partition coefficient (Wildman–Crippen LogP) is 3.89. The second kappa shape index (κ2) is 5.08. The summed E-state index contributed by atoms with van der Waals surface area (Å²) in [6, 6.07) is 15.4. The minimum absolute atomic E-state index is 0.112. The van der Waals surface area contributed by atoms with Crippen LogP contribution in [0.15, 0.2) is 70.5 Å². The monoisotopic (exact) mass is 322 g/mol. The molecule has 2 aromatic carbocycles. The Morgan fingerprint density at radius 3 is 2.06 bits per heavy atom. The van der Waals surface area contributed by atoms with Gasteiger partial charge in [0.05, 0.1) is 9.80 Å². The number of hydrogen-bond donors (Lipinski definition) is 0. The van der Waals surface area contributed by atoms with Crippen LogP contribution in [0.25, 0.3) is 4.91 Å². The van der Waals surface area contributed by atoms with Gasteiger partial charge in [-0.2, -0.15) is 0 Å². The molecule has 0 fully saturated rings. The van der Waals surface area contributed by atoms with Crippen molar-refractivity contribution in [3.8, 4) is 0 Å². The highest BCUT2D eigenvalue weighted by atomic mass is 79.9. The van der Waals surface area contributed by atoms with Gasteiger partial charge in [-0.3, -0.25) is 0 Å². The van der Waals surface area contributed by atoms with Crippen molar-refractivity contribution in [2.24, 2.45) is 0 Å². The van der Waals surface area contributed by atoms with E-state index in [9.17, 15) is 8.42 Å². The third-order valence-corrected chi connectivity index (χ3v) is 4.85. The SMILES string of the molecule is C=C(c1ccc(Br)cc1)S(=O)(=O)c1ccccc1. The fourth-order valence-corrected chi connectivity index (χ4v) is 3.04. The minimum atomic E-state index is -3.51. The standard InChI is InChI=1S/C14H11BrO2S/c1-11(12-7-9-13(15)10-8-12)18(16,17)14-5-3-2-4-6-14/h2-10H,1H2. The molecule has 0 aromatic heterocycles. The molecular formula is C14H11BrO2S. The van der Waals surface area contributed by atoms with Gasteiger partial charge in [-0.1, -0.05) is 52.8 Å². The number of halogens is 1. The van der Waals surface area contributed by atoms with Crippen molar-refractivity contribution in [1.82, 2.24) is 0 Å². The van der Waals surface area contributed by atoms with Gasteiger partial charge < -0.3 is 0 Å². The highest BCUT2D eigenvalue weighted by Gasteiger charge is 2.19. The molecule has 0 N–H and O–H groups in total. The molecule has 0 aliphatic carbocycles. The Balaban J connectivity index is 2.43. The second-order valence-corrected chi connectivity index (χ2v) is 6.63. The van der Waals surface area contributed by atoms with E-state index in [2.05, 4.69) is 22.5 Å².